The average molecular weight is 229 g/mol. The third-order valence-electron chi connectivity index (χ3n) is 2.28. The monoisotopic (exact) mass is 229 g/mol. The number of hydrogen-bond acceptors (Lipinski definition) is 2. The zero-order valence-electron chi connectivity index (χ0n) is 8.30. The molecule has 0 bridgehead atoms. The van der Waals surface area contributed by atoms with Crippen LogP contribution < -0.4 is 5.73 Å². The van der Waals surface area contributed by atoms with Crippen LogP contribution in [0.25, 0.3) is 11.0 Å². The SMILES string of the molecule is NCCc1cccc2[nH]c(C(F)(F)F)nc12. The van der Waals surface area contributed by atoms with Gasteiger partial charge in [-0.05, 0) is 24.6 Å². The highest BCUT2D eigenvalue weighted by molar-refractivity contribution is 5.78. The molecule has 0 saturated carbocycles. The minimum Gasteiger partial charge on any atom is -0.334 e. The molecule has 1 aromatic heterocycles. The summed E-state index contributed by atoms with van der Waals surface area (Å²) in [6.45, 7) is 0.382. The Kier molecular flexibility index (Phi) is 2.59. The van der Waals surface area contributed by atoms with Crippen LogP contribution in [0, 0.1) is 0 Å². The van der Waals surface area contributed by atoms with Crippen molar-refractivity contribution in [1.82, 2.24) is 9.97 Å². The Morgan fingerprint density at radius 2 is 2.06 bits per heavy atom. The third-order valence-corrected chi connectivity index (χ3v) is 2.28. The minimum absolute atomic E-state index is 0.347. The van der Waals surface area contributed by atoms with E-state index in [4.69, 9.17) is 5.73 Å². The molecule has 2 rings (SSSR count). The van der Waals surface area contributed by atoms with E-state index >= 15 is 0 Å². The molecule has 0 radical (unpaired) electrons. The molecule has 0 saturated heterocycles. The second-order valence-electron chi connectivity index (χ2n) is 3.44. The first kappa shape index (κ1) is 10.9. The van der Waals surface area contributed by atoms with Crippen LogP contribution in [0.15, 0.2) is 18.2 Å². The number of hydrogen-bond donors (Lipinski definition) is 2. The van der Waals surface area contributed by atoms with Crippen LogP contribution in [-0.4, -0.2) is 16.5 Å². The lowest BCUT2D eigenvalue weighted by Crippen LogP contribution is -2.07. The normalized spacial score (nSPS) is 12.2. The van der Waals surface area contributed by atoms with E-state index in [1.165, 1.54) is 0 Å². The van der Waals surface area contributed by atoms with Crippen LogP contribution in [0.3, 0.4) is 0 Å². The largest absolute Gasteiger partial charge is 0.449 e. The van der Waals surface area contributed by atoms with E-state index in [0.29, 0.717) is 24.0 Å². The predicted octanol–water partition coefficient (Wildman–Crippen LogP) is 2.08. The number of H-pyrrole nitrogens is 1. The molecule has 0 spiro atoms. The fraction of sp³-hybridized carbons (Fsp3) is 0.300. The number of nitrogens with zero attached hydrogens (tertiary/aromatic N) is 1. The number of aromatic nitrogens is 2. The van der Waals surface area contributed by atoms with E-state index in [9.17, 15) is 13.2 Å². The number of nitrogens with one attached hydrogen (secondary N) is 1. The first-order valence-corrected chi connectivity index (χ1v) is 4.77. The van der Waals surface area contributed by atoms with Gasteiger partial charge in [-0.15, -0.1) is 0 Å². The number of para-hydroxylation sites is 1. The Hall–Kier alpha value is -1.56. The first-order chi connectivity index (χ1) is 7.52. The fourth-order valence-corrected chi connectivity index (χ4v) is 1.58. The van der Waals surface area contributed by atoms with Crippen molar-refractivity contribution in [2.24, 2.45) is 5.73 Å². The van der Waals surface area contributed by atoms with Gasteiger partial charge in [0, 0.05) is 0 Å². The van der Waals surface area contributed by atoms with Gasteiger partial charge >= 0.3 is 6.18 Å². The van der Waals surface area contributed by atoms with E-state index in [-0.39, 0.29) is 0 Å². The minimum atomic E-state index is -4.45. The molecule has 3 N–H and O–H groups in total. The Labute approximate surface area is 89.5 Å². The molecule has 0 atom stereocenters. The van der Waals surface area contributed by atoms with Gasteiger partial charge in [0.15, 0.2) is 0 Å². The lowest BCUT2D eigenvalue weighted by Gasteiger charge is -1.99. The maximum absolute atomic E-state index is 12.4. The second kappa shape index (κ2) is 3.79. The summed E-state index contributed by atoms with van der Waals surface area (Å²) in [6, 6.07) is 4.99. The molecule has 0 amide bonds. The van der Waals surface area contributed by atoms with Gasteiger partial charge in [0.25, 0.3) is 0 Å². The van der Waals surface area contributed by atoms with Gasteiger partial charge in [0.2, 0.25) is 5.82 Å². The van der Waals surface area contributed by atoms with Crippen molar-refractivity contribution < 1.29 is 13.2 Å². The lowest BCUT2D eigenvalue weighted by atomic mass is 10.1. The van der Waals surface area contributed by atoms with Crippen LogP contribution >= 0.6 is 0 Å². The number of alkyl halides is 3. The van der Waals surface area contributed by atoms with Crippen LogP contribution in [0.5, 0.6) is 0 Å². The highest BCUT2D eigenvalue weighted by Crippen LogP contribution is 2.29. The topological polar surface area (TPSA) is 54.7 Å². The summed E-state index contributed by atoms with van der Waals surface area (Å²) < 4.78 is 37.3. The smallest absolute Gasteiger partial charge is 0.334 e. The second-order valence-corrected chi connectivity index (χ2v) is 3.44. The highest BCUT2D eigenvalue weighted by Gasteiger charge is 2.34. The van der Waals surface area contributed by atoms with Gasteiger partial charge in [-0.2, -0.15) is 13.2 Å². The number of aromatic amines is 1. The van der Waals surface area contributed by atoms with Crippen molar-refractivity contribution >= 4 is 11.0 Å². The van der Waals surface area contributed by atoms with E-state index in [2.05, 4.69) is 9.97 Å². The number of halogens is 3. The zero-order valence-corrected chi connectivity index (χ0v) is 8.30. The van der Waals surface area contributed by atoms with E-state index in [0.717, 1.165) is 5.56 Å². The van der Waals surface area contributed by atoms with Crippen LogP contribution in [0.4, 0.5) is 13.2 Å². The molecule has 0 aliphatic rings. The van der Waals surface area contributed by atoms with Crippen LogP contribution in [-0.2, 0) is 12.6 Å². The van der Waals surface area contributed by atoms with Gasteiger partial charge in [0.1, 0.15) is 0 Å². The summed E-state index contributed by atoms with van der Waals surface area (Å²) >= 11 is 0. The average Bonchev–Trinajstić information content (AvgIpc) is 2.62. The molecule has 0 fully saturated rings. The lowest BCUT2D eigenvalue weighted by molar-refractivity contribution is -0.144. The molecule has 6 heteroatoms. The number of rotatable bonds is 2. The van der Waals surface area contributed by atoms with E-state index in [1.807, 2.05) is 0 Å². The Morgan fingerprint density at radius 1 is 1.31 bits per heavy atom. The van der Waals surface area contributed by atoms with Crippen molar-refractivity contribution in [1.29, 1.82) is 0 Å². The summed E-state index contributed by atoms with van der Waals surface area (Å²) in [5.74, 6) is -0.966. The number of benzene rings is 1. The van der Waals surface area contributed by atoms with Gasteiger partial charge in [-0.25, -0.2) is 4.98 Å². The zero-order chi connectivity index (χ0) is 11.8. The van der Waals surface area contributed by atoms with Crippen molar-refractivity contribution in [2.45, 2.75) is 12.6 Å². The molecular weight excluding hydrogens is 219 g/mol. The molecule has 16 heavy (non-hydrogen) atoms. The molecule has 0 aliphatic heterocycles. The van der Waals surface area contributed by atoms with Crippen molar-refractivity contribution in [3.05, 3.63) is 29.6 Å². The molecule has 1 aromatic carbocycles. The molecule has 86 valence electrons. The summed E-state index contributed by atoms with van der Waals surface area (Å²) in [5.41, 5.74) is 6.85. The number of imidazole rings is 1. The quantitative estimate of drug-likeness (QED) is 0.828. The molecule has 0 aliphatic carbocycles. The summed E-state index contributed by atoms with van der Waals surface area (Å²) in [7, 11) is 0. The number of fused-ring (bicyclic) bond motifs is 1. The van der Waals surface area contributed by atoms with Gasteiger partial charge < -0.3 is 10.7 Å². The summed E-state index contributed by atoms with van der Waals surface area (Å²) in [5, 5.41) is 0. The maximum atomic E-state index is 12.4. The Morgan fingerprint density at radius 3 is 2.69 bits per heavy atom. The van der Waals surface area contributed by atoms with E-state index < -0.39 is 12.0 Å². The summed E-state index contributed by atoms with van der Waals surface area (Å²) in [6.07, 6.45) is -3.93. The maximum Gasteiger partial charge on any atom is 0.449 e. The van der Waals surface area contributed by atoms with Gasteiger partial charge in [0.05, 0.1) is 11.0 Å². The molecule has 0 unspecified atom stereocenters. The van der Waals surface area contributed by atoms with E-state index in [1.54, 1.807) is 18.2 Å². The summed E-state index contributed by atoms with van der Waals surface area (Å²) in [4.78, 5) is 5.82. The molecule has 3 nitrogen and oxygen atoms in total. The van der Waals surface area contributed by atoms with Crippen LogP contribution in [0.1, 0.15) is 11.4 Å². The van der Waals surface area contributed by atoms with Crippen molar-refractivity contribution in [3.63, 3.8) is 0 Å². The third kappa shape index (κ3) is 1.88. The van der Waals surface area contributed by atoms with Gasteiger partial charge in [-0.1, -0.05) is 12.1 Å². The standard InChI is InChI=1S/C10H10F3N3/c11-10(12,13)9-15-7-3-1-2-6(4-5-14)8(7)16-9/h1-3H,4-5,14H2,(H,15,16). The van der Waals surface area contributed by atoms with Crippen molar-refractivity contribution in [3.8, 4) is 0 Å². The Balaban J connectivity index is 2.57. The molecule has 1 heterocycles. The fourth-order valence-electron chi connectivity index (χ4n) is 1.58. The number of nitrogens with two attached hydrogens (primary N) is 1. The highest BCUT2D eigenvalue weighted by atomic mass is 19.4. The molecular formula is C10H10F3N3. The predicted molar refractivity (Wildman–Crippen MR) is 53.9 cm³/mol. The van der Waals surface area contributed by atoms with Gasteiger partial charge in [-0.3, -0.25) is 0 Å². The first-order valence-electron chi connectivity index (χ1n) is 4.77. The van der Waals surface area contributed by atoms with Crippen molar-refractivity contribution in [2.75, 3.05) is 6.54 Å². The molecule has 2 aromatic rings. The van der Waals surface area contributed by atoms with Crippen LogP contribution in [0.2, 0.25) is 0 Å². The Bertz CT molecular complexity index is 501.